The van der Waals surface area contributed by atoms with Gasteiger partial charge in [-0.05, 0) is 48.1 Å². The van der Waals surface area contributed by atoms with Gasteiger partial charge in [0.15, 0.2) is 0 Å². The largest absolute Gasteiger partial charge is 0.398 e. The highest BCUT2D eigenvalue weighted by Gasteiger charge is 2.37. The van der Waals surface area contributed by atoms with Gasteiger partial charge in [-0.1, -0.05) is 60.7 Å². The maximum Gasteiger partial charge on any atom is 0.249 e. The van der Waals surface area contributed by atoms with Crippen molar-refractivity contribution in [1.29, 1.82) is 0 Å². The molecular weight excluding hydrogens is 434 g/mol. The molecule has 1 fully saturated rings. The van der Waals surface area contributed by atoms with Gasteiger partial charge in [0.25, 0.3) is 0 Å². The lowest BCUT2D eigenvalue weighted by Gasteiger charge is -2.12. The van der Waals surface area contributed by atoms with Crippen molar-refractivity contribution in [2.75, 3.05) is 5.73 Å². The zero-order valence-electron chi connectivity index (χ0n) is 19.7. The molecule has 4 aromatic rings. The van der Waals surface area contributed by atoms with Crippen molar-refractivity contribution in [3.05, 3.63) is 107 Å². The Morgan fingerprint density at radius 3 is 2.60 bits per heavy atom. The van der Waals surface area contributed by atoms with E-state index in [0.29, 0.717) is 23.2 Å². The van der Waals surface area contributed by atoms with Crippen molar-refractivity contribution >= 4 is 11.6 Å². The Hall–Kier alpha value is -3.90. The molecule has 1 aromatic heterocycles. The molecule has 1 amide bonds. The van der Waals surface area contributed by atoms with Crippen LogP contribution in [-0.2, 0) is 19.5 Å². The Kier molecular flexibility index (Phi) is 6.64. The number of rotatable bonds is 10. The number of hydrogen-bond donors (Lipinski definition) is 3. The maximum atomic E-state index is 12.0. The third-order valence-electron chi connectivity index (χ3n) is 6.73. The Morgan fingerprint density at radius 2 is 1.80 bits per heavy atom. The Bertz CT molecular complexity index is 1310. The summed E-state index contributed by atoms with van der Waals surface area (Å²) >= 11 is 0. The van der Waals surface area contributed by atoms with Gasteiger partial charge in [-0.25, -0.2) is 0 Å². The van der Waals surface area contributed by atoms with Gasteiger partial charge in [-0.15, -0.1) is 0 Å². The molecule has 1 aliphatic carbocycles. The molecule has 35 heavy (non-hydrogen) atoms. The first-order valence-electron chi connectivity index (χ1n) is 12.2. The molecule has 6 nitrogen and oxygen atoms in total. The molecule has 0 bridgehead atoms. The summed E-state index contributed by atoms with van der Waals surface area (Å²) in [4.78, 5) is 12.0. The average Bonchev–Trinajstić information content (AvgIpc) is 3.52. The zero-order valence-corrected chi connectivity index (χ0v) is 19.7. The number of aromatic nitrogens is 2. The smallest absolute Gasteiger partial charge is 0.249 e. The standard InChI is InChI=1S/C29H31N5O/c30-27-11-5-4-10-23(27)26-15-20(12-13-24(26)29(31)35)7-6-14-34-19-21(18-33-34)17-32-28-16-25(28)22-8-2-1-3-9-22/h1-5,8-13,15,18-19,25,28,32H,6-7,14,16-17,30H2,(H2,31,35). The first-order valence-corrected chi connectivity index (χ1v) is 12.2. The lowest BCUT2D eigenvalue weighted by molar-refractivity contribution is 0.100. The van der Waals surface area contributed by atoms with E-state index in [1.165, 1.54) is 17.5 Å². The number of anilines is 1. The van der Waals surface area contributed by atoms with Crippen LogP contribution in [0.3, 0.4) is 0 Å². The van der Waals surface area contributed by atoms with E-state index in [-0.39, 0.29) is 0 Å². The first kappa shape index (κ1) is 22.9. The van der Waals surface area contributed by atoms with Gasteiger partial charge in [0.2, 0.25) is 5.91 Å². The summed E-state index contributed by atoms with van der Waals surface area (Å²) in [5.41, 5.74) is 18.3. The van der Waals surface area contributed by atoms with Crippen LogP contribution in [0.4, 0.5) is 5.69 Å². The fourth-order valence-electron chi connectivity index (χ4n) is 4.73. The van der Waals surface area contributed by atoms with Gasteiger partial charge in [0.1, 0.15) is 0 Å². The lowest BCUT2D eigenvalue weighted by atomic mass is 9.94. The number of nitrogen functional groups attached to an aromatic ring is 1. The highest BCUT2D eigenvalue weighted by molar-refractivity contribution is 6.01. The summed E-state index contributed by atoms with van der Waals surface area (Å²) in [7, 11) is 0. The monoisotopic (exact) mass is 465 g/mol. The normalized spacial score (nSPS) is 16.8. The molecule has 1 saturated carbocycles. The van der Waals surface area contributed by atoms with Crippen molar-refractivity contribution in [2.24, 2.45) is 5.73 Å². The highest BCUT2D eigenvalue weighted by atomic mass is 16.1. The fraction of sp³-hybridized carbons (Fsp3) is 0.241. The molecule has 2 atom stereocenters. The number of hydrogen-bond acceptors (Lipinski definition) is 4. The highest BCUT2D eigenvalue weighted by Crippen LogP contribution is 2.40. The van der Waals surface area contributed by atoms with E-state index in [1.54, 1.807) is 6.07 Å². The van der Waals surface area contributed by atoms with E-state index in [1.807, 2.05) is 47.3 Å². The number of para-hydroxylation sites is 1. The topological polar surface area (TPSA) is 99.0 Å². The van der Waals surface area contributed by atoms with Crippen LogP contribution in [0.15, 0.2) is 85.2 Å². The molecule has 0 radical (unpaired) electrons. The van der Waals surface area contributed by atoms with Crippen molar-refractivity contribution in [3.63, 3.8) is 0 Å². The molecule has 5 rings (SSSR count). The summed E-state index contributed by atoms with van der Waals surface area (Å²) in [6, 6.07) is 24.6. The predicted octanol–water partition coefficient (Wildman–Crippen LogP) is 4.51. The quantitative estimate of drug-likeness (QED) is 0.300. The van der Waals surface area contributed by atoms with Crippen molar-refractivity contribution in [2.45, 2.75) is 44.3 Å². The number of nitrogens with two attached hydrogens (primary N) is 2. The summed E-state index contributed by atoms with van der Waals surface area (Å²) in [5, 5.41) is 8.19. The minimum Gasteiger partial charge on any atom is -0.398 e. The van der Waals surface area contributed by atoms with Crippen LogP contribution in [0.2, 0.25) is 0 Å². The minimum atomic E-state index is -0.450. The van der Waals surface area contributed by atoms with Gasteiger partial charge < -0.3 is 16.8 Å². The molecule has 3 aromatic carbocycles. The number of aryl methyl sites for hydroxylation is 2. The summed E-state index contributed by atoms with van der Waals surface area (Å²) < 4.78 is 2.01. The van der Waals surface area contributed by atoms with Crippen LogP contribution in [-0.4, -0.2) is 21.7 Å². The van der Waals surface area contributed by atoms with Gasteiger partial charge in [-0.2, -0.15) is 5.10 Å². The van der Waals surface area contributed by atoms with Crippen molar-refractivity contribution in [1.82, 2.24) is 15.1 Å². The third kappa shape index (κ3) is 5.44. The molecule has 0 spiro atoms. The predicted molar refractivity (Wildman–Crippen MR) is 140 cm³/mol. The maximum absolute atomic E-state index is 12.0. The second-order valence-electron chi connectivity index (χ2n) is 9.29. The van der Waals surface area contributed by atoms with E-state index in [4.69, 9.17) is 11.5 Å². The Labute approximate surface area is 206 Å². The number of amides is 1. The number of carbonyl (C=O) groups excluding carboxylic acids is 1. The minimum absolute atomic E-state index is 0.450. The van der Waals surface area contributed by atoms with E-state index in [2.05, 4.69) is 46.9 Å². The summed E-state index contributed by atoms with van der Waals surface area (Å²) in [5.74, 6) is 0.178. The molecule has 2 unspecified atom stereocenters. The van der Waals surface area contributed by atoms with E-state index < -0.39 is 5.91 Å². The molecule has 1 aliphatic rings. The molecule has 0 saturated heterocycles. The van der Waals surface area contributed by atoms with E-state index in [0.717, 1.165) is 42.6 Å². The van der Waals surface area contributed by atoms with Gasteiger partial charge in [-0.3, -0.25) is 9.48 Å². The van der Waals surface area contributed by atoms with Crippen LogP contribution in [0.1, 0.15) is 45.8 Å². The third-order valence-corrected chi connectivity index (χ3v) is 6.73. The lowest BCUT2D eigenvalue weighted by Crippen LogP contribution is -2.16. The number of primary amides is 1. The number of nitrogens with one attached hydrogen (secondary N) is 1. The number of nitrogens with zero attached hydrogens (tertiary/aromatic N) is 2. The van der Waals surface area contributed by atoms with Gasteiger partial charge in [0.05, 0.1) is 6.20 Å². The molecule has 0 aliphatic heterocycles. The Morgan fingerprint density at radius 1 is 1.00 bits per heavy atom. The first-order chi connectivity index (χ1) is 17.1. The van der Waals surface area contributed by atoms with Gasteiger partial charge >= 0.3 is 0 Å². The fourth-order valence-corrected chi connectivity index (χ4v) is 4.73. The second kappa shape index (κ2) is 10.2. The molecule has 1 heterocycles. The van der Waals surface area contributed by atoms with Crippen molar-refractivity contribution < 1.29 is 4.79 Å². The van der Waals surface area contributed by atoms with Gasteiger partial charge in [0, 0.05) is 53.6 Å². The Balaban J connectivity index is 1.15. The SMILES string of the molecule is NC(=O)c1ccc(CCCn2cc(CNC3CC3c3ccccc3)cn2)cc1-c1ccccc1N. The summed E-state index contributed by atoms with van der Waals surface area (Å²) in [6.07, 6.45) is 7.08. The molecule has 5 N–H and O–H groups in total. The van der Waals surface area contributed by atoms with Crippen LogP contribution >= 0.6 is 0 Å². The average molecular weight is 466 g/mol. The van der Waals surface area contributed by atoms with Crippen molar-refractivity contribution in [3.8, 4) is 11.1 Å². The number of carbonyl (C=O) groups is 1. The van der Waals surface area contributed by atoms with Crippen LogP contribution in [0.5, 0.6) is 0 Å². The second-order valence-corrected chi connectivity index (χ2v) is 9.29. The summed E-state index contributed by atoms with van der Waals surface area (Å²) in [6.45, 7) is 1.67. The molecule has 178 valence electrons. The van der Waals surface area contributed by atoms with Crippen LogP contribution in [0.25, 0.3) is 11.1 Å². The van der Waals surface area contributed by atoms with E-state index in [9.17, 15) is 4.79 Å². The van der Waals surface area contributed by atoms with E-state index >= 15 is 0 Å². The van der Waals surface area contributed by atoms with Crippen LogP contribution in [0, 0.1) is 0 Å². The molecule has 6 heteroatoms. The molecular formula is C29H31N5O. The van der Waals surface area contributed by atoms with Crippen LogP contribution < -0.4 is 16.8 Å². The zero-order chi connectivity index (χ0) is 24.2. The number of benzene rings is 3.